The first-order valence-electron chi connectivity index (χ1n) is 8.96. The van der Waals surface area contributed by atoms with E-state index in [2.05, 4.69) is 15.3 Å². The first-order chi connectivity index (χ1) is 13.8. The molecule has 5 nitrogen and oxygen atoms in total. The molecular weight excluding hydrogens is 383 g/mol. The zero-order valence-electron chi connectivity index (χ0n) is 15.9. The molecule has 0 radical (unpaired) electrons. The molecule has 152 valence electrons. The molecule has 1 heterocycles. The molecule has 0 aliphatic carbocycles. The second-order valence-electron chi connectivity index (χ2n) is 6.50. The topological polar surface area (TPSA) is 56.3 Å². The van der Waals surface area contributed by atoms with Gasteiger partial charge in [0.25, 0.3) is 0 Å². The van der Waals surface area contributed by atoms with Crippen LogP contribution < -0.4 is 14.8 Å². The molecule has 0 spiro atoms. The SMILES string of the molecule is CC(C)Oc1ccc(Nc2ncc(C(F)(F)F)c(OCc3ccccc3)n2)cc1. The summed E-state index contributed by atoms with van der Waals surface area (Å²) in [4.78, 5) is 7.70. The van der Waals surface area contributed by atoms with Crippen LogP contribution in [0.5, 0.6) is 11.6 Å². The van der Waals surface area contributed by atoms with E-state index in [1.807, 2.05) is 19.9 Å². The van der Waals surface area contributed by atoms with E-state index in [9.17, 15) is 13.2 Å². The second-order valence-corrected chi connectivity index (χ2v) is 6.50. The Hall–Kier alpha value is -3.29. The van der Waals surface area contributed by atoms with Crippen molar-refractivity contribution in [3.63, 3.8) is 0 Å². The third kappa shape index (κ3) is 5.84. The van der Waals surface area contributed by atoms with E-state index in [4.69, 9.17) is 9.47 Å². The Morgan fingerprint density at radius 2 is 1.69 bits per heavy atom. The lowest BCUT2D eigenvalue weighted by Crippen LogP contribution is -2.12. The van der Waals surface area contributed by atoms with Crippen LogP contribution in [-0.2, 0) is 12.8 Å². The van der Waals surface area contributed by atoms with Gasteiger partial charge in [-0.25, -0.2) is 4.98 Å². The van der Waals surface area contributed by atoms with Gasteiger partial charge in [0.1, 0.15) is 17.9 Å². The maximum absolute atomic E-state index is 13.3. The summed E-state index contributed by atoms with van der Waals surface area (Å²) in [5.74, 6) is 0.156. The normalized spacial score (nSPS) is 11.4. The quantitative estimate of drug-likeness (QED) is 0.556. The minimum absolute atomic E-state index is 0.00131. The summed E-state index contributed by atoms with van der Waals surface area (Å²) in [6.45, 7) is 3.79. The summed E-state index contributed by atoms with van der Waals surface area (Å²) in [5, 5.41) is 2.88. The lowest BCUT2D eigenvalue weighted by molar-refractivity contribution is -0.139. The van der Waals surface area contributed by atoms with Crippen molar-refractivity contribution >= 4 is 11.6 Å². The lowest BCUT2D eigenvalue weighted by atomic mass is 10.2. The Morgan fingerprint density at radius 1 is 1.00 bits per heavy atom. The van der Waals surface area contributed by atoms with E-state index in [0.29, 0.717) is 17.6 Å². The fraction of sp³-hybridized carbons (Fsp3) is 0.238. The molecule has 3 rings (SSSR count). The van der Waals surface area contributed by atoms with Crippen LogP contribution in [0.1, 0.15) is 25.0 Å². The number of hydrogen-bond donors (Lipinski definition) is 1. The van der Waals surface area contributed by atoms with Gasteiger partial charge in [-0.2, -0.15) is 18.2 Å². The Bertz CT molecular complexity index is 930. The van der Waals surface area contributed by atoms with Crippen molar-refractivity contribution in [3.05, 3.63) is 71.9 Å². The molecule has 1 N–H and O–H groups in total. The smallest absolute Gasteiger partial charge is 0.423 e. The predicted octanol–water partition coefficient (Wildman–Crippen LogP) is 5.61. The molecular formula is C21H20F3N3O2. The van der Waals surface area contributed by atoms with Crippen LogP contribution >= 0.6 is 0 Å². The monoisotopic (exact) mass is 403 g/mol. The number of benzene rings is 2. The number of rotatable bonds is 7. The van der Waals surface area contributed by atoms with Crippen molar-refractivity contribution in [1.82, 2.24) is 9.97 Å². The highest BCUT2D eigenvalue weighted by Gasteiger charge is 2.36. The maximum atomic E-state index is 13.3. The molecule has 0 unspecified atom stereocenters. The Morgan fingerprint density at radius 3 is 2.31 bits per heavy atom. The van der Waals surface area contributed by atoms with Crippen molar-refractivity contribution in [2.75, 3.05) is 5.32 Å². The van der Waals surface area contributed by atoms with Gasteiger partial charge in [-0.15, -0.1) is 0 Å². The fourth-order valence-corrected chi connectivity index (χ4v) is 2.47. The van der Waals surface area contributed by atoms with Crippen LogP contribution in [-0.4, -0.2) is 16.1 Å². The van der Waals surface area contributed by atoms with Gasteiger partial charge in [-0.3, -0.25) is 0 Å². The van der Waals surface area contributed by atoms with Crippen LogP contribution in [0.25, 0.3) is 0 Å². The van der Waals surface area contributed by atoms with Crippen LogP contribution in [0.2, 0.25) is 0 Å². The summed E-state index contributed by atoms with van der Waals surface area (Å²) >= 11 is 0. The van der Waals surface area contributed by atoms with Crippen LogP contribution in [0.15, 0.2) is 60.8 Å². The molecule has 3 aromatic rings. The van der Waals surface area contributed by atoms with Crippen molar-refractivity contribution in [1.29, 1.82) is 0 Å². The average molecular weight is 403 g/mol. The van der Waals surface area contributed by atoms with E-state index >= 15 is 0 Å². The minimum atomic E-state index is -4.62. The lowest BCUT2D eigenvalue weighted by Gasteiger charge is -2.14. The Labute approximate surface area is 166 Å². The highest BCUT2D eigenvalue weighted by Crippen LogP contribution is 2.35. The number of hydrogen-bond acceptors (Lipinski definition) is 5. The molecule has 29 heavy (non-hydrogen) atoms. The molecule has 0 saturated carbocycles. The van der Waals surface area contributed by atoms with Gasteiger partial charge in [0, 0.05) is 11.9 Å². The summed E-state index contributed by atoms with van der Waals surface area (Å²) in [6.07, 6.45) is -3.87. The molecule has 0 aliphatic heterocycles. The highest BCUT2D eigenvalue weighted by atomic mass is 19.4. The van der Waals surface area contributed by atoms with Crippen LogP contribution in [0.3, 0.4) is 0 Å². The number of anilines is 2. The summed E-state index contributed by atoms with van der Waals surface area (Å²) in [7, 11) is 0. The van der Waals surface area contributed by atoms with Crippen molar-refractivity contribution < 1.29 is 22.6 Å². The van der Waals surface area contributed by atoms with Crippen molar-refractivity contribution in [3.8, 4) is 11.6 Å². The van der Waals surface area contributed by atoms with Gasteiger partial charge in [0.2, 0.25) is 11.8 Å². The Kier molecular flexibility index (Phi) is 6.21. The average Bonchev–Trinajstić information content (AvgIpc) is 2.67. The van der Waals surface area contributed by atoms with Crippen molar-refractivity contribution in [2.45, 2.75) is 32.7 Å². The summed E-state index contributed by atoms with van der Waals surface area (Å²) in [6, 6.07) is 15.8. The third-order valence-corrected chi connectivity index (χ3v) is 3.76. The van der Waals surface area contributed by atoms with Gasteiger partial charge in [0.05, 0.1) is 6.10 Å². The minimum Gasteiger partial charge on any atom is -0.491 e. The largest absolute Gasteiger partial charge is 0.491 e. The highest BCUT2D eigenvalue weighted by molar-refractivity contribution is 5.55. The number of nitrogens with zero attached hydrogens (tertiary/aromatic N) is 2. The van der Waals surface area contributed by atoms with E-state index in [-0.39, 0.29) is 18.7 Å². The van der Waals surface area contributed by atoms with Gasteiger partial charge in [-0.1, -0.05) is 30.3 Å². The molecule has 0 fully saturated rings. The molecule has 8 heteroatoms. The van der Waals surface area contributed by atoms with Crippen LogP contribution in [0.4, 0.5) is 24.8 Å². The zero-order valence-corrected chi connectivity index (χ0v) is 15.9. The van der Waals surface area contributed by atoms with Crippen LogP contribution in [0, 0.1) is 0 Å². The molecule has 0 aliphatic rings. The maximum Gasteiger partial charge on any atom is 0.423 e. The number of alkyl halides is 3. The van der Waals surface area contributed by atoms with E-state index in [0.717, 1.165) is 5.56 Å². The predicted molar refractivity (Wildman–Crippen MR) is 103 cm³/mol. The summed E-state index contributed by atoms with van der Waals surface area (Å²) < 4.78 is 50.8. The van der Waals surface area contributed by atoms with E-state index in [1.54, 1.807) is 48.5 Å². The van der Waals surface area contributed by atoms with Gasteiger partial charge in [-0.05, 0) is 43.7 Å². The fourth-order valence-electron chi connectivity index (χ4n) is 2.47. The van der Waals surface area contributed by atoms with E-state index < -0.39 is 17.6 Å². The van der Waals surface area contributed by atoms with Crippen molar-refractivity contribution in [2.24, 2.45) is 0 Å². The standard InChI is InChI=1S/C21H20F3N3O2/c1-14(2)29-17-10-8-16(9-11-17)26-20-25-12-18(21(22,23)24)19(27-20)28-13-15-6-4-3-5-7-15/h3-12,14H,13H2,1-2H3,(H,25,26,27). The zero-order chi connectivity index (χ0) is 20.9. The number of halogens is 3. The van der Waals surface area contributed by atoms with Gasteiger partial charge < -0.3 is 14.8 Å². The molecule has 2 aromatic carbocycles. The number of aromatic nitrogens is 2. The molecule has 0 amide bonds. The van der Waals surface area contributed by atoms with Gasteiger partial charge >= 0.3 is 6.18 Å². The molecule has 1 aromatic heterocycles. The Balaban J connectivity index is 1.79. The molecule has 0 bridgehead atoms. The third-order valence-electron chi connectivity index (χ3n) is 3.76. The second kappa shape index (κ2) is 8.81. The van der Waals surface area contributed by atoms with Gasteiger partial charge in [0.15, 0.2) is 0 Å². The first kappa shape index (κ1) is 20.4. The number of ether oxygens (including phenoxy) is 2. The van der Waals surface area contributed by atoms with E-state index in [1.165, 1.54) is 0 Å². The molecule has 0 atom stereocenters. The first-order valence-corrected chi connectivity index (χ1v) is 8.96. The summed E-state index contributed by atoms with van der Waals surface area (Å²) in [5.41, 5.74) is 0.309. The molecule has 0 saturated heterocycles. The number of nitrogens with one attached hydrogen (secondary N) is 1.